The molecule has 0 aliphatic heterocycles. The van der Waals surface area contributed by atoms with E-state index in [2.05, 4.69) is 5.32 Å². The van der Waals surface area contributed by atoms with Gasteiger partial charge in [-0.1, -0.05) is 60.7 Å². The van der Waals surface area contributed by atoms with Gasteiger partial charge in [-0.2, -0.15) is 0 Å². The van der Waals surface area contributed by atoms with E-state index in [9.17, 15) is 19.5 Å². The lowest BCUT2D eigenvalue weighted by atomic mass is 9.88. The van der Waals surface area contributed by atoms with Crippen LogP contribution in [-0.4, -0.2) is 52.1 Å². The molecule has 3 amide bonds. The summed E-state index contributed by atoms with van der Waals surface area (Å²) >= 11 is 0. The number of nitrogens with zero attached hydrogens (tertiary/aromatic N) is 1. The van der Waals surface area contributed by atoms with Gasteiger partial charge in [0, 0.05) is 18.9 Å². The Kier molecular flexibility index (Phi) is 10.8. The third-order valence-corrected chi connectivity index (χ3v) is 7.30. The quantitative estimate of drug-likeness (QED) is 0.285. The van der Waals surface area contributed by atoms with E-state index >= 15 is 0 Å². The van der Waals surface area contributed by atoms with Crippen molar-refractivity contribution in [3.8, 4) is 5.75 Å². The number of aromatic hydroxyl groups is 1. The van der Waals surface area contributed by atoms with E-state index in [-0.39, 0.29) is 24.6 Å². The minimum absolute atomic E-state index is 0.0402. The van der Waals surface area contributed by atoms with E-state index in [0.717, 1.165) is 27.8 Å². The molecule has 0 bridgehead atoms. The summed E-state index contributed by atoms with van der Waals surface area (Å²) < 4.78 is 5.48. The smallest absolute Gasteiger partial charge is 0.408 e. The zero-order valence-corrected chi connectivity index (χ0v) is 25.4. The van der Waals surface area contributed by atoms with Crippen LogP contribution in [-0.2, 0) is 20.7 Å². The molecule has 0 aliphatic rings. The molecule has 3 rings (SSSR count). The molecule has 8 nitrogen and oxygen atoms in total. The van der Waals surface area contributed by atoms with Gasteiger partial charge >= 0.3 is 6.09 Å². The maximum atomic E-state index is 14.3. The summed E-state index contributed by atoms with van der Waals surface area (Å²) in [6.45, 7) is 10.7. The average molecular weight is 574 g/mol. The number of nitrogens with two attached hydrogens (primary N) is 1. The van der Waals surface area contributed by atoms with Crippen LogP contribution in [0.2, 0.25) is 0 Å². The summed E-state index contributed by atoms with van der Waals surface area (Å²) in [5.74, 6) is -1.01. The van der Waals surface area contributed by atoms with Gasteiger partial charge in [-0.15, -0.1) is 0 Å². The third kappa shape index (κ3) is 8.83. The molecule has 4 N–H and O–H groups in total. The van der Waals surface area contributed by atoms with Crippen molar-refractivity contribution in [1.29, 1.82) is 0 Å². The second kappa shape index (κ2) is 14.0. The normalized spacial score (nSPS) is 12.8. The summed E-state index contributed by atoms with van der Waals surface area (Å²) in [5, 5.41) is 12.8. The van der Waals surface area contributed by atoms with Gasteiger partial charge in [0.25, 0.3) is 0 Å². The standard InChI is InChI=1S/C34H43N3O5/c1-22-19-27(38)20-23(2)29(22)21-30(36-33(41)42-34(4,5)6)32(40)37(24(3)31(35)39)18-17-28(25-13-9-7-10-14-25)26-15-11-8-12-16-26/h7-16,19-20,24,28,30,38H,17-18,21H2,1-6H3,(H2,35,39)(H,36,41)/t24-,30?/m1/s1. The van der Waals surface area contributed by atoms with E-state index < -0.39 is 35.6 Å². The van der Waals surface area contributed by atoms with Gasteiger partial charge in [0.1, 0.15) is 23.4 Å². The van der Waals surface area contributed by atoms with Crippen LogP contribution < -0.4 is 11.1 Å². The first-order valence-electron chi connectivity index (χ1n) is 14.2. The number of alkyl carbamates (subject to hydrolysis) is 1. The predicted octanol–water partition coefficient (Wildman–Crippen LogP) is 5.37. The number of benzene rings is 3. The Morgan fingerprint density at radius 1 is 0.929 bits per heavy atom. The Morgan fingerprint density at radius 3 is 1.88 bits per heavy atom. The Bertz CT molecular complexity index is 1310. The van der Waals surface area contributed by atoms with Crippen LogP contribution in [0.5, 0.6) is 5.75 Å². The summed E-state index contributed by atoms with van der Waals surface area (Å²) in [4.78, 5) is 41.1. The zero-order valence-electron chi connectivity index (χ0n) is 25.4. The van der Waals surface area contributed by atoms with E-state index in [1.54, 1.807) is 39.8 Å². The van der Waals surface area contributed by atoms with Gasteiger partial charge in [0.05, 0.1) is 0 Å². The largest absolute Gasteiger partial charge is 0.508 e. The molecule has 0 heterocycles. The van der Waals surface area contributed by atoms with Crippen LogP contribution in [0, 0.1) is 13.8 Å². The Hall–Kier alpha value is -4.33. The highest BCUT2D eigenvalue weighted by atomic mass is 16.6. The van der Waals surface area contributed by atoms with Crippen molar-refractivity contribution >= 4 is 17.9 Å². The Morgan fingerprint density at radius 2 is 1.43 bits per heavy atom. The number of aryl methyl sites for hydroxylation is 2. The number of hydrogen-bond acceptors (Lipinski definition) is 5. The second-order valence-electron chi connectivity index (χ2n) is 11.7. The first-order valence-corrected chi connectivity index (χ1v) is 14.2. The second-order valence-corrected chi connectivity index (χ2v) is 11.7. The lowest BCUT2D eigenvalue weighted by Crippen LogP contribution is -2.56. The fourth-order valence-electron chi connectivity index (χ4n) is 5.16. The minimum Gasteiger partial charge on any atom is -0.508 e. The predicted molar refractivity (Wildman–Crippen MR) is 164 cm³/mol. The number of carbonyl (C=O) groups is 3. The van der Waals surface area contributed by atoms with E-state index in [1.165, 1.54) is 4.90 Å². The first kappa shape index (κ1) is 32.2. The number of nitrogens with one attached hydrogen (secondary N) is 1. The molecular weight excluding hydrogens is 530 g/mol. The molecular formula is C34H43N3O5. The highest BCUT2D eigenvalue weighted by Crippen LogP contribution is 2.29. The van der Waals surface area contributed by atoms with Gasteiger partial charge < -0.3 is 25.8 Å². The third-order valence-electron chi connectivity index (χ3n) is 7.30. The average Bonchev–Trinajstić information content (AvgIpc) is 2.91. The monoisotopic (exact) mass is 573 g/mol. The van der Waals surface area contributed by atoms with Gasteiger partial charge in [0.15, 0.2) is 0 Å². The SMILES string of the molecule is Cc1cc(O)cc(C)c1CC(NC(=O)OC(C)(C)C)C(=O)N(CCC(c1ccccc1)c1ccccc1)[C@H](C)C(N)=O. The van der Waals surface area contributed by atoms with Gasteiger partial charge in [-0.25, -0.2) is 4.79 Å². The molecule has 0 aromatic heterocycles. The van der Waals surface area contributed by atoms with Crippen LogP contribution in [0.1, 0.15) is 67.9 Å². The summed E-state index contributed by atoms with van der Waals surface area (Å²) in [7, 11) is 0. The van der Waals surface area contributed by atoms with Crippen molar-refractivity contribution < 1.29 is 24.2 Å². The number of carbonyl (C=O) groups excluding carboxylic acids is 3. The highest BCUT2D eigenvalue weighted by molar-refractivity contribution is 5.91. The summed E-state index contributed by atoms with van der Waals surface area (Å²) in [5.41, 5.74) is 9.49. The molecule has 3 aromatic carbocycles. The van der Waals surface area contributed by atoms with Crippen LogP contribution in [0.4, 0.5) is 4.79 Å². The zero-order chi connectivity index (χ0) is 31.0. The molecule has 0 saturated carbocycles. The molecule has 8 heteroatoms. The maximum absolute atomic E-state index is 14.3. The lowest BCUT2D eigenvalue weighted by Gasteiger charge is -2.33. The Balaban J connectivity index is 1.98. The molecule has 224 valence electrons. The first-order chi connectivity index (χ1) is 19.8. The summed E-state index contributed by atoms with van der Waals surface area (Å²) in [6.07, 6.45) is -0.0832. The molecule has 0 radical (unpaired) electrons. The van der Waals surface area contributed by atoms with Crippen LogP contribution in [0.25, 0.3) is 0 Å². The number of primary amides is 1. The van der Waals surface area contributed by atoms with Gasteiger partial charge in [0.2, 0.25) is 11.8 Å². The number of ether oxygens (including phenoxy) is 1. The molecule has 3 aromatic rings. The molecule has 2 atom stereocenters. The highest BCUT2D eigenvalue weighted by Gasteiger charge is 2.33. The van der Waals surface area contributed by atoms with Crippen molar-refractivity contribution in [2.45, 2.75) is 78.0 Å². The molecule has 0 fully saturated rings. The molecule has 1 unspecified atom stereocenters. The van der Waals surface area contributed by atoms with E-state index in [1.807, 2.05) is 74.5 Å². The molecule has 42 heavy (non-hydrogen) atoms. The van der Waals surface area contributed by atoms with E-state index in [0.29, 0.717) is 6.42 Å². The minimum atomic E-state index is -1.05. The van der Waals surface area contributed by atoms with Crippen LogP contribution in [0.3, 0.4) is 0 Å². The number of phenols is 1. The van der Waals surface area contributed by atoms with Crippen molar-refractivity contribution in [2.24, 2.45) is 5.73 Å². The number of amides is 3. The fourth-order valence-corrected chi connectivity index (χ4v) is 5.16. The molecule has 0 saturated heterocycles. The van der Waals surface area contributed by atoms with E-state index in [4.69, 9.17) is 10.5 Å². The Labute approximate surface area is 248 Å². The summed E-state index contributed by atoms with van der Waals surface area (Å²) in [6, 6.07) is 21.3. The van der Waals surface area contributed by atoms with Crippen LogP contribution in [0.15, 0.2) is 72.8 Å². The lowest BCUT2D eigenvalue weighted by molar-refractivity contribution is -0.140. The van der Waals surface area contributed by atoms with Crippen molar-refractivity contribution in [2.75, 3.05) is 6.54 Å². The fraction of sp³-hybridized carbons (Fsp3) is 0.382. The maximum Gasteiger partial charge on any atom is 0.408 e. The molecule has 0 spiro atoms. The van der Waals surface area contributed by atoms with Crippen molar-refractivity contribution in [3.63, 3.8) is 0 Å². The number of rotatable bonds is 11. The molecule has 0 aliphatic carbocycles. The van der Waals surface area contributed by atoms with Gasteiger partial charge in [-0.05, 0) is 87.9 Å². The number of hydrogen-bond donors (Lipinski definition) is 3. The van der Waals surface area contributed by atoms with Gasteiger partial charge in [-0.3, -0.25) is 9.59 Å². The topological polar surface area (TPSA) is 122 Å². The number of phenolic OH excluding ortho intramolecular Hbond substituents is 1. The van der Waals surface area contributed by atoms with Crippen molar-refractivity contribution in [1.82, 2.24) is 10.2 Å². The van der Waals surface area contributed by atoms with Crippen LogP contribution >= 0.6 is 0 Å². The van der Waals surface area contributed by atoms with Crippen molar-refractivity contribution in [3.05, 3.63) is 101 Å².